The molecule has 0 aliphatic carbocycles. The number of nitrogens with one attached hydrogen (secondary N) is 1. The van der Waals surface area contributed by atoms with E-state index in [9.17, 15) is 4.39 Å². The molecule has 0 saturated carbocycles. The Morgan fingerprint density at radius 1 is 1.12 bits per heavy atom. The first-order chi connectivity index (χ1) is 12.1. The van der Waals surface area contributed by atoms with Crippen molar-refractivity contribution in [2.75, 3.05) is 5.32 Å². The van der Waals surface area contributed by atoms with Crippen molar-refractivity contribution < 1.29 is 4.39 Å². The molecule has 0 amide bonds. The number of benzene rings is 1. The Hall–Kier alpha value is -3.22. The Bertz CT molecular complexity index is 1030. The van der Waals surface area contributed by atoms with Crippen molar-refractivity contribution in [3.8, 4) is 0 Å². The van der Waals surface area contributed by atoms with Crippen molar-refractivity contribution in [1.82, 2.24) is 24.5 Å². The fourth-order valence-electron chi connectivity index (χ4n) is 2.71. The summed E-state index contributed by atoms with van der Waals surface area (Å²) in [6.45, 7) is 2.35. The van der Waals surface area contributed by atoms with Crippen LogP contribution in [0.25, 0.3) is 10.9 Å². The van der Waals surface area contributed by atoms with Gasteiger partial charge >= 0.3 is 0 Å². The third-order valence-electron chi connectivity index (χ3n) is 4.17. The zero-order valence-electron chi connectivity index (χ0n) is 13.9. The predicted molar refractivity (Wildman–Crippen MR) is 94.3 cm³/mol. The van der Waals surface area contributed by atoms with E-state index < -0.39 is 0 Å². The lowest BCUT2D eigenvalue weighted by atomic mass is 10.2. The fourth-order valence-corrected chi connectivity index (χ4v) is 2.71. The van der Waals surface area contributed by atoms with Gasteiger partial charge in [-0.15, -0.1) is 0 Å². The van der Waals surface area contributed by atoms with Crippen molar-refractivity contribution in [3.05, 3.63) is 65.9 Å². The zero-order chi connectivity index (χ0) is 17.4. The van der Waals surface area contributed by atoms with Crippen molar-refractivity contribution in [1.29, 1.82) is 0 Å². The van der Waals surface area contributed by atoms with Crippen LogP contribution in [0.1, 0.15) is 11.3 Å². The summed E-state index contributed by atoms with van der Waals surface area (Å²) in [4.78, 5) is 4.39. The van der Waals surface area contributed by atoms with Crippen molar-refractivity contribution in [3.63, 3.8) is 0 Å². The number of nitrogens with zero attached hydrogens (tertiary/aromatic N) is 5. The molecular weight excluding hydrogens is 319 g/mol. The van der Waals surface area contributed by atoms with E-state index >= 15 is 0 Å². The highest BCUT2D eigenvalue weighted by atomic mass is 19.1. The van der Waals surface area contributed by atoms with E-state index in [1.165, 1.54) is 6.07 Å². The molecule has 3 aromatic heterocycles. The highest BCUT2D eigenvalue weighted by molar-refractivity contribution is 5.81. The standard InChI is InChI=1S/C18H17FN6/c1-12-7-18(23-24(12)2)22-17-8-16-14(9-20-17)10-21-25(16)11-13-5-3-4-6-15(13)19/h3-10H,11H2,1-2H3,(H,20,22,23). The molecular formula is C18H17FN6. The molecule has 0 atom stereocenters. The third kappa shape index (κ3) is 2.96. The Balaban J connectivity index is 1.66. The lowest BCUT2D eigenvalue weighted by Gasteiger charge is -2.06. The highest BCUT2D eigenvalue weighted by Gasteiger charge is 2.09. The van der Waals surface area contributed by atoms with Crippen LogP contribution in [0.5, 0.6) is 0 Å². The van der Waals surface area contributed by atoms with Gasteiger partial charge in [0.05, 0.1) is 18.3 Å². The van der Waals surface area contributed by atoms with E-state index in [2.05, 4.69) is 20.5 Å². The molecule has 1 N–H and O–H groups in total. The largest absolute Gasteiger partial charge is 0.323 e. The van der Waals surface area contributed by atoms with Crippen molar-refractivity contribution in [2.45, 2.75) is 13.5 Å². The number of aryl methyl sites for hydroxylation is 2. The first-order valence-corrected chi connectivity index (χ1v) is 7.93. The molecule has 1 aromatic carbocycles. The maximum atomic E-state index is 13.9. The molecule has 7 heteroatoms. The summed E-state index contributed by atoms with van der Waals surface area (Å²) < 4.78 is 17.5. The lowest BCUT2D eigenvalue weighted by molar-refractivity contribution is 0.590. The minimum absolute atomic E-state index is 0.234. The molecule has 4 rings (SSSR count). The third-order valence-corrected chi connectivity index (χ3v) is 4.17. The van der Waals surface area contributed by atoms with E-state index in [-0.39, 0.29) is 5.82 Å². The van der Waals surface area contributed by atoms with Gasteiger partial charge in [0.15, 0.2) is 5.82 Å². The summed E-state index contributed by atoms with van der Waals surface area (Å²) in [7, 11) is 1.89. The van der Waals surface area contributed by atoms with Crippen LogP contribution in [0.15, 0.2) is 48.8 Å². The number of anilines is 2. The summed E-state index contributed by atoms with van der Waals surface area (Å²) in [6, 6.07) is 10.6. The molecule has 0 spiro atoms. The van der Waals surface area contributed by atoms with Crippen LogP contribution in [0.4, 0.5) is 16.0 Å². The van der Waals surface area contributed by atoms with E-state index in [0.717, 1.165) is 22.4 Å². The second-order valence-electron chi connectivity index (χ2n) is 5.94. The number of pyridine rings is 1. The molecule has 0 aliphatic rings. The van der Waals surface area contributed by atoms with Crippen molar-refractivity contribution in [2.24, 2.45) is 7.05 Å². The van der Waals surface area contributed by atoms with Crippen LogP contribution < -0.4 is 5.32 Å². The minimum Gasteiger partial charge on any atom is -0.323 e. The van der Waals surface area contributed by atoms with Gasteiger partial charge in [-0.3, -0.25) is 9.36 Å². The molecule has 0 unspecified atom stereocenters. The quantitative estimate of drug-likeness (QED) is 0.620. The van der Waals surface area contributed by atoms with Crippen LogP contribution in [-0.4, -0.2) is 24.5 Å². The predicted octanol–water partition coefficient (Wildman–Crippen LogP) is 3.40. The van der Waals surface area contributed by atoms with Crippen LogP contribution in [-0.2, 0) is 13.6 Å². The van der Waals surface area contributed by atoms with Gasteiger partial charge in [0.25, 0.3) is 0 Å². The second kappa shape index (κ2) is 6.01. The summed E-state index contributed by atoms with van der Waals surface area (Å²) in [5.41, 5.74) is 2.53. The van der Waals surface area contributed by atoms with Crippen LogP contribution in [0, 0.1) is 12.7 Å². The number of halogens is 1. The number of hydrogen-bond donors (Lipinski definition) is 1. The van der Waals surface area contributed by atoms with Gasteiger partial charge in [-0.25, -0.2) is 9.37 Å². The number of rotatable bonds is 4. The molecule has 25 heavy (non-hydrogen) atoms. The maximum absolute atomic E-state index is 13.9. The summed E-state index contributed by atoms with van der Waals surface area (Å²) in [5.74, 6) is 1.16. The monoisotopic (exact) mass is 336 g/mol. The topological polar surface area (TPSA) is 60.6 Å². The van der Waals surface area contributed by atoms with Crippen LogP contribution in [0.3, 0.4) is 0 Å². The molecule has 126 valence electrons. The number of hydrogen-bond acceptors (Lipinski definition) is 4. The average molecular weight is 336 g/mol. The second-order valence-corrected chi connectivity index (χ2v) is 5.94. The van der Waals surface area contributed by atoms with Gasteiger partial charge < -0.3 is 5.32 Å². The Labute approximate surface area is 143 Å². The lowest BCUT2D eigenvalue weighted by Crippen LogP contribution is -2.04. The smallest absolute Gasteiger partial charge is 0.153 e. The molecule has 0 aliphatic heterocycles. The summed E-state index contributed by atoms with van der Waals surface area (Å²) >= 11 is 0. The molecule has 6 nitrogen and oxygen atoms in total. The maximum Gasteiger partial charge on any atom is 0.153 e. The van der Waals surface area contributed by atoms with Crippen LogP contribution >= 0.6 is 0 Å². The Kier molecular flexibility index (Phi) is 3.68. The van der Waals surface area contributed by atoms with Crippen molar-refractivity contribution >= 4 is 22.5 Å². The normalized spacial score (nSPS) is 11.2. The fraction of sp³-hybridized carbons (Fsp3) is 0.167. The van der Waals surface area contributed by atoms with E-state index in [1.807, 2.05) is 32.2 Å². The first kappa shape index (κ1) is 15.3. The van der Waals surface area contributed by atoms with E-state index in [4.69, 9.17) is 0 Å². The minimum atomic E-state index is -0.234. The van der Waals surface area contributed by atoms with Crippen LogP contribution in [0.2, 0.25) is 0 Å². The van der Waals surface area contributed by atoms with Gasteiger partial charge in [-0.05, 0) is 13.0 Å². The van der Waals surface area contributed by atoms with Gasteiger partial charge in [0, 0.05) is 42.0 Å². The summed E-state index contributed by atoms with van der Waals surface area (Å²) in [6.07, 6.45) is 3.48. The van der Waals surface area contributed by atoms with Gasteiger partial charge in [-0.1, -0.05) is 18.2 Å². The van der Waals surface area contributed by atoms with Gasteiger partial charge in [0.2, 0.25) is 0 Å². The van der Waals surface area contributed by atoms with Gasteiger partial charge in [0.1, 0.15) is 11.6 Å². The van der Waals surface area contributed by atoms with E-state index in [0.29, 0.717) is 17.9 Å². The molecule has 3 heterocycles. The molecule has 0 saturated heterocycles. The summed E-state index contributed by atoms with van der Waals surface area (Å²) in [5, 5.41) is 12.8. The molecule has 0 fully saturated rings. The van der Waals surface area contributed by atoms with Gasteiger partial charge in [-0.2, -0.15) is 10.2 Å². The molecule has 0 radical (unpaired) electrons. The van der Waals surface area contributed by atoms with E-state index in [1.54, 1.807) is 33.9 Å². The Morgan fingerprint density at radius 3 is 2.72 bits per heavy atom. The molecule has 4 aromatic rings. The number of aromatic nitrogens is 5. The number of fused-ring (bicyclic) bond motifs is 1. The average Bonchev–Trinajstić information content (AvgIpc) is 3.13. The Morgan fingerprint density at radius 2 is 1.96 bits per heavy atom. The first-order valence-electron chi connectivity index (χ1n) is 7.93. The SMILES string of the molecule is Cc1cc(Nc2cc3c(cn2)cnn3Cc2ccccc2F)nn1C. The zero-order valence-corrected chi connectivity index (χ0v) is 13.9. The highest BCUT2D eigenvalue weighted by Crippen LogP contribution is 2.21. The molecule has 0 bridgehead atoms.